The minimum atomic E-state index is -1.46. The number of cyclic esters (lactones) is 1. The van der Waals surface area contributed by atoms with Crippen LogP contribution in [0.2, 0.25) is 10.0 Å². The van der Waals surface area contributed by atoms with Crippen molar-refractivity contribution in [3.63, 3.8) is 0 Å². The third kappa shape index (κ3) is 15.7. The molecule has 5 N–H and O–H groups in total. The Bertz CT molecular complexity index is 1750. The van der Waals surface area contributed by atoms with Crippen molar-refractivity contribution >= 4 is 41.6 Å². The largest absolute Gasteiger partial charge is 0.483 e. The van der Waals surface area contributed by atoms with Crippen molar-refractivity contribution in [2.45, 2.75) is 141 Å². The smallest absolute Gasteiger partial charge is 0.309 e. The summed E-state index contributed by atoms with van der Waals surface area (Å²) in [6.45, 7) is 13.9. The molecule has 4 rings (SSSR count). The second kappa shape index (κ2) is 24.2. The molecular weight excluding hydrogens is 811 g/mol. The Hall–Kier alpha value is -3.59. The molecule has 2 aromatic carbocycles. The molecule has 0 radical (unpaired) electrons. The van der Waals surface area contributed by atoms with Gasteiger partial charge in [0.1, 0.15) is 23.9 Å². The lowest BCUT2D eigenvalue weighted by molar-refractivity contribution is -0.157. The van der Waals surface area contributed by atoms with Crippen LogP contribution in [0.3, 0.4) is 0 Å². The van der Waals surface area contributed by atoms with Crippen LogP contribution in [0, 0.1) is 11.8 Å². The Balaban J connectivity index is 0.00000311. The van der Waals surface area contributed by atoms with E-state index in [4.69, 9.17) is 52.1 Å². The maximum Gasteiger partial charge on any atom is 0.309 e. The molecule has 332 valence electrons. The molecule has 1 saturated heterocycles. The zero-order valence-electron chi connectivity index (χ0n) is 36.0. The number of rotatable bonds is 16. The molecule has 0 bridgehead atoms. The highest BCUT2D eigenvalue weighted by Gasteiger charge is 2.54. The fourth-order valence-corrected chi connectivity index (χ4v) is 7.84. The van der Waals surface area contributed by atoms with Crippen molar-refractivity contribution in [3.05, 3.63) is 106 Å². The quantitative estimate of drug-likeness (QED) is 0.0373. The molecule has 14 heteroatoms. The van der Waals surface area contributed by atoms with E-state index < -0.39 is 41.4 Å². The van der Waals surface area contributed by atoms with Crippen LogP contribution in [0.5, 0.6) is 0 Å². The lowest BCUT2D eigenvalue weighted by Crippen LogP contribution is -2.59. The van der Waals surface area contributed by atoms with E-state index in [-0.39, 0.29) is 61.9 Å². The summed E-state index contributed by atoms with van der Waals surface area (Å²) in [7, 11) is 1.74. The second-order valence-electron chi connectivity index (χ2n) is 16.2. The SMILES string of the molecule is CC[C@H](OC)[C@@H](C)[C@H]1O[C@@H]1C(NCc1ccc(Cl)cc1)C(C)(/C=C/C=C(\C)C1OC(=O)C[C@H](O)CC[C@@](C)(O)[C@@H](OC(C)=O)/C=C/[C@@H]1C)NCc1ccc(Cl)cc1.O=CO. The van der Waals surface area contributed by atoms with E-state index in [2.05, 4.69) is 37.5 Å². The topological polar surface area (TPSA) is 176 Å². The van der Waals surface area contributed by atoms with Gasteiger partial charge in [-0.2, -0.15) is 0 Å². The van der Waals surface area contributed by atoms with Crippen LogP contribution in [0.1, 0.15) is 85.3 Å². The van der Waals surface area contributed by atoms with Crippen LogP contribution in [0.15, 0.2) is 84.5 Å². The van der Waals surface area contributed by atoms with E-state index in [0.717, 1.165) is 23.1 Å². The Labute approximate surface area is 365 Å². The van der Waals surface area contributed by atoms with Gasteiger partial charge in [0.25, 0.3) is 6.47 Å². The first kappa shape index (κ1) is 50.8. The number of allylic oxidation sites excluding steroid dienone is 2. The number of halogens is 2. The number of carboxylic acid groups (broad SMARTS) is 1. The van der Waals surface area contributed by atoms with Crippen LogP contribution in [-0.4, -0.2) is 94.6 Å². The van der Waals surface area contributed by atoms with Crippen LogP contribution in [-0.2, 0) is 46.4 Å². The molecule has 0 saturated carbocycles. The minimum Gasteiger partial charge on any atom is -0.483 e. The summed E-state index contributed by atoms with van der Waals surface area (Å²) in [4.78, 5) is 33.5. The number of methoxy groups -OCH3 is 1. The average molecular weight is 876 g/mol. The Morgan fingerprint density at radius 2 is 1.63 bits per heavy atom. The first-order chi connectivity index (χ1) is 28.4. The van der Waals surface area contributed by atoms with Gasteiger partial charge in [-0.1, -0.05) is 92.5 Å². The second-order valence-corrected chi connectivity index (χ2v) is 17.0. The molecule has 0 aromatic heterocycles. The minimum absolute atomic E-state index is 0.0323. The molecule has 2 aliphatic rings. The van der Waals surface area contributed by atoms with E-state index in [1.54, 1.807) is 26.2 Å². The summed E-state index contributed by atoms with van der Waals surface area (Å²) in [5.41, 5.74) is 0.748. The first-order valence-corrected chi connectivity index (χ1v) is 21.2. The summed E-state index contributed by atoms with van der Waals surface area (Å²) in [5.74, 6) is -1.30. The summed E-state index contributed by atoms with van der Waals surface area (Å²) in [5, 5.41) is 37.8. The molecule has 2 aromatic rings. The standard InChI is InChI=1S/C45H62Cl2N2O8.CH2O2/c1-9-37(54-8)30(4)41-42(57-41)43(48-26-32-13-17-34(46)18-14-32)44(6,49-27-33-15-19-35(47)20-16-33)23-10-11-28(2)40-29(3)12-21-38(55-31(5)50)45(7,53)24-22-36(51)25-39(52)56-40;2-1-3/h10-21,23,29-30,36-38,40-43,48-49,51,53H,9,22,24-27H2,1-8H3;1H,(H,2,3)/b21-12+,23-10+,28-11+;/t29-,30+,36+,37-,38-,40?,41+,42-,43?,44?,45+;/m0./s1. The number of nitrogens with one attached hydrogen (secondary N) is 2. The van der Waals surface area contributed by atoms with Gasteiger partial charge >= 0.3 is 11.9 Å². The molecule has 12 nitrogen and oxygen atoms in total. The number of hydrogen-bond donors (Lipinski definition) is 5. The number of aliphatic hydroxyl groups excluding tert-OH is 1. The van der Waals surface area contributed by atoms with E-state index >= 15 is 0 Å². The molecule has 60 heavy (non-hydrogen) atoms. The van der Waals surface area contributed by atoms with Gasteiger partial charge in [-0.3, -0.25) is 14.4 Å². The molecule has 2 aliphatic heterocycles. The van der Waals surface area contributed by atoms with Gasteiger partial charge in [-0.05, 0) is 87.1 Å². The number of aliphatic hydroxyl groups is 2. The number of esters is 2. The van der Waals surface area contributed by atoms with Gasteiger partial charge in [0, 0.05) is 49.0 Å². The van der Waals surface area contributed by atoms with Gasteiger partial charge in [0.15, 0.2) is 0 Å². The maximum atomic E-state index is 13.1. The molecular formula is C46H64Cl2N2O10. The predicted octanol–water partition coefficient (Wildman–Crippen LogP) is 7.36. The average Bonchev–Trinajstić information content (AvgIpc) is 3.99. The summed E-state index contributed by atoms with van der Waals surface area (Å²) < 4.78 is 23.8. The Morgan fingerprint density at radius 3 is 2.18 bits per heavy atom. The zero-order chi connectivity index (χ0) is 44.6. The summed E-state index contributed by atoms with van der Waals surface area (Å²) in [6.07, 6.45) is 7.47. The number of carbonyl (C=O) groups is 3. The van der Waals surface area contributed by atoms with Crippen LogP contribution in [0.4, 0.5) is 0 Å². The van der Waals surface area contributed by atoms with E-state index in [1.165, 1.54) is 6.92 Å². The van der Waals surface area contributed by atoms with Crippen molar-refractivity contribution in [1.29, 1.82) is 0 Å². The normalized spacial score (nSPS) is 28.0. The third-order valence-corrected chi connectivity index (χ3v) is 11.7. The highest BCUT2D eigenvalue weighted by molar-refractivity contribution is 6.30. The van der Waals surface area contributed by atoms with E-state index in [0.29, 0.717) is 23.1 Å². The Morgan fingerprint density at radius 1 is 1.05 bits per heavy atom. The monoisotopic (exact) mass is 874 g/mol. The highest BCUT2D eigenvalue weighted by atomic mass is 35.5. The predicted molar refractivity (Wildman–Crippen MR) is 233 cm³/mol. The van der Waals surface area contributed by atoms with Gasteiger partial charge in [0.2, 0.25) is 0 Å². The third-order valence-electron chi connectivity index (χ3n) is 11.2. The fourth-order valence-electron chi connectivity index (χ4n) is 7.58. The number of ether oxygens (including phenoxy) is 4. The first-order valence-electron chi connectivity index (χ1n) is 20.4. The van der Waals surface area contributed by atoms with E-state index in [1.807, 2.05) is 74.5 Å². The summed E-state index contributed by atoms with van der Waals surface area (Å²) >= 11 is 12.4. The fraction of sp³-hybridized carbons (Fsp3) is 0.543. The molecule has 0 aliphatic carbocycles. The van der Waals surface area contributed by atoms with Gasteiger partial charge < -0.3 is 44.9 Å². The van der Waals surface area contributed by atoms with Crippen molar-refractivity contribution in [1.82, 2.24) is 10.6 Å². The molecule has 0 spiro atoms. The zero-order valence-corrected chi connectivity index (χ0v) is 37.5. The van der Waals surface area contributed by atoms with Crippen molar-refractivity contribution in [2.24, 2.45) is 11.8 Å². The van der Waals surface area contributed by atoms with Gasteiger partial charge in [0.05, 0.1) is 36.3 Å². The maximum absolute atomic E-state index is 13.1. The number of hydrogen-bond acceptors (Lipinski definition) is 11. The lowest BCUT2D eigenvalue weighted by Gasteiger charge is -2.37. The lowest BCUT2D eigenvalue weighted by atomic mass is 9.84. The molecule has 0 amide bonds. The van der Waals surface area contributed by atoms with Crippen LogP contribution < -0.4 is 10.6 Å². The Kier molecular flexibility index (Phi) is 20.4. The van der Waals surface area contributed by atoms with Gasteiger partial charge in [-0.15, -0.1) is 0 Å². The van der Waals surface area contributed by atoms with Gasteiger partial charge in [-0.25, -0.2) is 0 Å². The highest BCUT2D eigenvalue weighted by Crippen LogP contribution is 2.39. The molecule has 2 heterocycles. The van der Waals surface area contributed by atoms with Crippen molar-refractivity contribution in [3.8, 4) is 0 Å². The van der Waals surface area contributed by atoms with Crippen molar-refractivity contribution in [2.75, 3.05) is 7.11 Å². The molecule has 11 atom stereocenters. The van der Waals surface area contributed by atoms with Crippen LogP contribution in [0.25, 0.3) is 0 Å². The molecule has 1 fully saturated rings. The number of benzene rings is 2. The number of epoxide rings is 1. The number of carbonyl (C=O) groups excluding carboxylic acids is 2. The molecule has 3 unspecified atom stereocenters. The summed E-state index contributed by atoms with van der Waals surface area (Å²) in [6, 6.07) is 15.3. The van der Waals surface area contributed by atoms with E-state index in [9.17, 15) is 19.8 Å². The van der Waals surface area contributed by atoms with Crippen molar-refractivity contribution < 1.29 is 48.7 Å². The van der Waals surface area contributed by atoms with Crippen LogP contribution >= 0.6 is 23.2 Å².